The lowest BCUT2D eigenvalue weighted by molar-refractivity contribution is -0.153. The summed E-state index contributed by atoms with van der Waals surface area (Å²) in [5, 5.41) is 9.00. The summed E-state index contributed by atoms with van der Waals surface area (Å²) in [4.78, 5) is 15.8. The summed E-state index contributed by atoms with van der Waals surface area (Å²) >= 11 is 0. The molecule has 0 amide bonds. The first-order valence-electron chi connectivity index (χ1n) is 9.86. The van der Waals surface area contributed by atoms with Gasteiger partial charge in [-0.05, 0) is 41.8 Å². The number of ether oxygens (including phenoxy) is 1. The third-order valence-corrected chi connectivity index (χ3v) is 5.77. The van der Waals surface area contributed by atoms with Crippen LogP contribution in [0.15, 0.2) is 48.5 Å². The van der Waals surface area contributed by atoms with Gasteiger partial charge in [-0.2, -0.15) is 13.2 Å². The van der Waals surface area contributed by atoms with Gasteiger partial charge in [-0.3, -0.25) is 9.80 Å². The summed E-state index contributed by atoms with van der Waals surface area (Å²) in [7, 11) is 0. The van der Waals surface area contributed by atoms with Gasteiger partial charge in [0.25, 0.3) is 0 Å². The van der Waals surface area contributed by atoms with Gasteiger partial charge < -0.3 is 9.84 Å². The number of rotatable bonds is 7. The lowest BCUT2D eigenvalue weighted by Crippen LogP contribution is -2.45. The fourth-order valence-electron chi connectivity index (χ4n) is 4.30. The van der Waals surface area contributed by atoms with Gasteiger partial charge >= 0.3 is 12.1 Å². The topological polar surface area (TPSA) is 53.0 Å². The van der Waals surface area contributed by atoms with Crippen LogP contribution >= 0.6 is 0 Å². The zero-order chi connectivity index (χ0) is 21.3. The van der Waals surface area contributed by atoms with Gasteiger partial charge in [-0.1, -0.05) is 24.3 Å². The van der Waals surface area contributed by atoms with Gasteiger partial charge in [0, 0.05) is 38.3 Å². The van der Waals surface area contributed by atoms with Crippen LogP contribution in [0.1, 0.15) is 27.9 Å². The molecule has 1 N–H and O–H groups in total. The van der Waals surface area contributed by atoms with Crippen LogP contribution in [0.3, 0.4) is 0 Å². The smallest absolute Gasteiger partial charge is 0.422 e. The minimum absolute atomic E-state index is 0.221. The number of nitrogens with zero attached hydrogens (tertiary/aromatic N) is 2. The standard InChI is InChI=1S/C22H23F3N2O3/c23-22(24,25)14-30-20-7-3-16(4-8-20)11-27-13-18-9-19(27)12-26(18)10-15-1-5-17(6-2-15)21(28)29/h1-8,18-19H,9-14H2,(H,28,29)/t18-,19-/m0/s1. The van der Waals surface area contributed by atoms with E-state index in [1.807, 2.05) is 24.3 Å². The van der Waals surface area contributed by atoms with Crippen molar-refractivity contribution in [3.05, 3.63) is 65.2 Å². The summed E-state index contributed by atoms with van der Waals surface area (Å²) in [5.74, 6) is -0.698. The molecule has 0 spiro atoms. The Morgan fingerprint density at radius 3 is 1.87 bits per heavy atom. The highest BCUT2D eigenvalue weighted by Crippen LogP contribution is 2.33. The second-order valence-corrected chi connectivity index (χ2v) is 7.95. The first kappa shape index (κ1) is 20.7. The summed E-state index contributed by atoms with van der Waals surface area (Å²) in [5.41, 5.74) is 2.45. The molecule has 0 radical (unpaired) electrons. The molecule has 5 nitrogen and oxygen atoms in total. The Morgan fingerprint density at radius 2 is 1.43 bits per heavy atom. The molecule has 2 fully saturated rings. The zero-order valence-corrected chi connectivity index (χ0v) is 16.3. The molecule has 2 bridgehead atoms. The minimum atomic E-state index is -4.34. The second-order valence-electron chi connectivity index (χ2n) is 7.95. The minimum Gasteiger partial charge on any atom is -0.484 e. The molecule has 2 aromatic carbocycles. The van der Waals surface area contributed by atoms with E-state index in [9.17, 15) is 18.0 Å². The highest BCUT2D eigenvalue weighted by molar-refractivity contribution is 5.87. The second kappa shape index (κ2) is 8.28. The molecule has 2 heterocycles. The van der Waals surface area contributed by atoms with Crippen molar-refractivity contribution in [2.24, 2.45) is 0 Å². The number of alkyl halides is 3. The van der Waals surface area contributed by atoms with Crippen LogP contribution in [0.5, 0.6) is 5.75 Å². The Morgan fingerprint density at radius 1 is 0.933 bits per heavy atom. The van der Waals surface area contributed by atoms with Crippen molar-refractivity contribution >= 4 is 5.97 Å². The van der Waals surface area contributed by atoms with Crippen LogP contribution in [-0.2, 0) is 13.1 Å². The van der Waals surface area contributed by atoms with Crippen molar-refractivity contribution in [1.82, 2.24) is 9.80 Å². The number of aromatic carboxylic acids is 1. The van der Waals surface area contributed by atoms with Crippen LogP contribution in [0.25, 0.3) is 0 Å². The maximum absolute atomic E-state index is 12.2. The molecule has 160 valence electrons. The molecule has 0 saturated carbocycles. The van der Waals surface area contributed by atoms with Gasteiger partial charge in [0.05, 0.1) is 5.56 Å². The van der Waals surface area contributed by atoms with E-state index < -0.39 is 18.8 Å². The number of carbonyl (C=O) groups is 1. The van der Waals surface area contributed by atoms with Crippen molar-refractivity contribution in [1.29, 1.82) is 0 Å². The highest BCUT2D eigenvalue weighted by Gasteiger charge is 2.42. The summed E-state index contributed by atoms with van der Waals surface area (Å²) in [6.45, 7) is 2.20. The SMILES string of the molecule is O=C(O)c1ccc(CN2C[C@@H]3C[C@H]2CN3Cc2ccc(OCC(F)(F)F)cc2)cc1. The van der Waals surface area contributed by atoms with Gasteiger partial charge in [-0.25, -0.2) is 4.79 Å². The molecule has 2 aliphatic heterocycles. The van der Waals surface area contributed by atoms with Crippen molar-refractivity contribution in [3.8, 4) is 5.75 Å². The summed E-state index contributed by atoms with van der Waals surface area (Å²) in [6.07, 6.45) is -3.24. The highest BCUT2D eigenvalue weighted by atomic mass is 19.4. The maximum atomic E-state index is 12.2. The van der Waals surface area contributed by atoms with Gasteiger partial charge in [-0.15, -0.1) is 0 Å². The number of piperazine rings is 1. The number of hydrogen-bond acceptors (Lipinski definition) is 4. The first-order valence-corrected chi connectivity index (χ1v) is 9.86. The molecule has 0 aromatic heterocycles. The molecular weight excluding hydrogens is 397 g/mol. The molecule has 8 heteroatoms. The van der Waals surface area contributed by atoms with Crippen LogP contribution < -0.4 is 4.74 Å². The molecule has 2 saturated heterocycles. The monoisotopic (exact) mass is 420 g/mol. The Labute approximate surface area is 172 Å². The number of halogens is 3. The number of carboxylic acid groups (broad SMARTS) is 1. The van der Waals surface area contributed by atoms with Crippen LogP contribution in [-0.4, -0.2) is 58.8 Å². The third kappa shape index (κ3) is 4.94. The van der Waals surface area contributed by atoms with E-state index in [1.165, 1.54) is 0 Å². The fourth-order valence-corrected chi connectivity index (χ4v) is 4.30. The number of hydrogen-bond donors (Lipinski definition) is 1. The Bertz CT molecular complexity index is 884. The molecule has 2 aliphatic rings. The third-order valence-electron chi connectivity index (χ3n) is 5.77. The maximum Gasteiger partial charge on any atom is 0.422 e. The molecular formula is C22H23F3N2O3. The van der Waals surface area contributed by atoms with E-state index in [0.29, 0.717) is 17.6 Å². The van der Waals surface area contributed by atoms with Crippen LogP contribution in [0, 0.1) is 0 Å². The first-order chi connectivity index (χ1) is 14.3. The Kier molecular flexibility index (Phi) is 5.71. The average molecular weight is 420 g/mol. The number of likely N-dealkylation sites (tertiary alicyclic amines) is 2. The van der Waals surface area contributed by atoms with Crippen molar-refractivity contribution in [2.75, 3.05) is 19.7 Å². The predicted octanol–water partition coefficient (Wildman–Crippen LogP) is 3.78. The van der Waals surface area contributed by atoms with E-state index in [-0.39, 0.29) is 5.75 Å². The largest absolute Gasteiger partial charge is 0.484 e. The quantitative estimate of drug-likeness (QED) is 0.739. The normalized spacial score (nSPS) is 21.8. The molecule has 2 aromatic rings. The number of benzene rings is 2. The van der Waals surface area contributed by atoms with E-state index in [1.54, 1.807) is 24.3 Å². The number of fused-ring (bicyclic) bond motifs is 2. The van der Waals surface area contributed by atoms with Gasteiger partial charge in [0.1, 0.15) is 5.75 Å². The zero-order valence-electron chi connectivity index (χ0n) is 16.3. The fraction of sp³-hybridized carbons (Fsp3) is 0.409. The summed E-state index contributed by atoms with van der Waals surface area (Å²) in [6, 6.07) is 14.7. The van der Waals surface area contributed by atoms with E-state index >= 15 is 0 Å². The molecule has 0 unspecified atom stereocenters. The van der Waals surface area contributed by atoms with Crippen LogP contribution in [0.2, 0.25) is 0 Å². The Balaban J connectivity index is 1.28. The van der Waals surface area contributed by atoms with Crippen molar-refractivity contribution in [2.45, 2.75) is 37.8 Å². The van der Waals surface area contributed by atoms with E-state index in [4.69, 9.17) is 9.84 Å². The van der Waals surface area contributed by atoms with E-state index in [2.05, 4.69) is 9.80 Å². The number of carboxylic acids is 1. The molecule has 30 heavy (non-hydrogen) atoms. The predicted molar refractivity (Wildman–Crippen MR) is 104 cm³/mol. The van der Waals surface area contributed by atoms with Gasteiger partial charge in [0.2, 0.25) is 0 Å². The summed E-state index contributed by atoms with van der Waals surface area (Å²) < 4.78 is 41.5. The lowest BCUT2D eigenvalue weighted by atomic mass is 10.1. The Hall–Kier alpha value is -2.58. The average Bonchev–Trinajstić information content (AvgIpc) is 3.27. The van der Waals surface area contributed by atoms with Gasteiger partial charge in [0.15, 0.2) is 6.61 Å². The molecule has 2 atom stereocenters. The van der Waals surface area contributed by atoms with Crippen molar-refractivity contribution < 1.29 is 27.8 Å². The lowest BCUT2D eigenvalue weighted by Gasteiger charge is -2.34. The van der Waals surface area contributed by atoms with E-state index in [0.717, 1.165) is 43.7 Å². The molecule has 4 rings (SSSR count). The van der Waals surface area contributed by atoms with Crippen molar-refractivity contribution in [3.63, 3.8) is 0 Å². The molecule has 0 aliphatic carbocycles. The van der Waals surface area contributed by atoms with Crippen LogP contribution in [0.4, 0.5) is 13.2 Å².